The van der Waals surface area contributed by atoms with Crippen molar-refractivity contribution in [3.8, 4) is 0 Å². The molecule has 0 unspecified atom stereocenters. The first-order valence-corrected chi connectivity index (χ1v) is 5.49. The van der Waals surface area contributed by atoms with Crippen molar-refractivity contribution in [1.82, 2.24) is 9.97 Å². The fourth-order valence-electron chi connectivity index (χ4n) is 0.968. The lowest BCUT2D eigenvalue weighted by Gasteiger charge is -2.00. The van der Waals surface area contributed by atoms with Crippen LogP contribution in [0.2, 0.25) is 0 Å². The van der Waals surface area contributed by atoms with Crippen LogP contribution in [0, 0.1) is 0 Å². The molecule has 12 heavy (non-hydrogen) atoms. The Morgan fingerprint density at radius 1 is 1.50 bits per heavy atom. The molecule has 2 rings (SSSR count). The Morgan fingerprint density at radius 2 is 2.42 bits per heavy atom. The molecular weight excluding hydrogens is 190 g/mol. The fourth-order valence-corrected chi connectivity index (χ4v) is 2.06. The van der Waals surface area contributed by atoms with Crippen LogP contribution in [-0.2, 0) is 0 Å². The molecule has 0 aromatic carbocycles. The van der Waals surface area contributed by atoms with Crippen molar-refractivity contribution in [3.63, 3.8) is 0 Å². The predicted octanol–water partition coefficient (Wildman–Crippen LogP) is 2.38. The van der Waals surface area contributed by atoms with E-state index >= 15 is 0 Å². The molecule has 0 atom stereocenters. The molecule has 2 heterocycles. The van der Waals surface area contributed by atoms with Gasteiger partial charge in [-0.2, -0.15) is 0 Å². The van der Waals surface area contributed by atoms with Crippen LogP contribution in [-0.4, -0.2) is 16.2 Å². The summed E-state index contributed by atoms with van der Waals surface area (Å²) in [6.45, 7) is 0. The van der Waals surface area contributed by atoms with Crippen molar-refractivity contribution in [2.75, 3.05) is 11.0 Å². The van der Waals surface area contributed by atoms with E-state index in [0.717, 1.165) is 16.0 Å². The maximum atomic E-state index is 4.14. The topological polar surface area (TPSA) is 37.8 Å². The first-order chi connectivity index (χ1) is 5.92. The van der Waals surface area contributed by atoms with Crippen molar-refractivity contribution in [2.45, 2.75) is 0 Å². The first kappa shape index (κ1) is 7.82. The minimum absolute atomic E-state index is 0.897. The zero-order valence-corrected chi connectivity index (χ0v) is 8.08. The van der Waals surface area contributed by atoms with Gasteiger partial charge in [-0.15, -0.1) is 11.3 Å². The maximum absolute atomic E-state index is 4.14. The molecule has 0 spiro atoms. The fraction of sp³-hybridized carbons (Fsp3) is 0.143. The van der Waals surface area contributed by atoms with Gasteiger partial charge in [-0.25, -0.2) is 9.97 Å². The number of hydrogen-bond acceptors (Lipinski definition) is 5. The molecule has 0 aliphatic rings. The standard InChI is InChI=1S/C7H7N3S2/c1-11-10-6-5-2-3-12-7(5)9-4-8-6/h2-4H,1H3,(H,8,9,10). The summed E-state index contributed by atoms with van der Waals surface area (Å²) in [4.78, 5) is 9.30. The van der Waals surface area contributed by atoms with Gasteiger partial charge in [0, 0.05) is 6.26 Å². The zero-order chi connectivity index (χ0) is 8.39. The summed E-state index contributed by atoms with van der Waals surface area (Å²) >= 11 is 3.16. The van der Waals surface area contributed by atoms with Crippen molar-refractivity contribution in [3.05, 3.63) is 17.8 Å². The molecule has 2 aromatic heterocycles. The average Bonchev–Trinajstić information content (AvgIpc) is 2.53. The highest BCUT2D eigenvalue weighted by Gasteiger charge is 2.02. The summed E-state index contributed by atoms with van der Waals surface area (Å²) in [6.07, 6.45) is 3.55. The number of aromatic nitrogens is 2. The Morgan fingerprint density at radius 3 is 3.25 bits per heavy atom. The highest BCUT2D eigenvalue weighted by atomic mass is 32.2. The molecule has 1 N–H and O–H groups in total. The number of fused-ring (bicyclic) bond motifs is 1. The lowest BCUT2D eigenvalue weighted by atomic mass is 10.4. The normalized spacial score (nSPS) is 10.4. The molecule has 5 heteroatoms. The van der Waals surface area contributed by atoms with Gasteiger partial charge >= 0.3 is 0 Å². The molecule has 3 nitrogen and oxygen atoms in total. The summed E-state index contributed by atoms with van der Waals surface area (Å²) in [6, 6.07) is 2.03. The third-order valence-corrected chi connectivity index (χ3v) is 2.68. The molecule has 0 aliphatic heterocycles. The summed E-state index contributed by atoms with van der Waals surface area (Å²) in [7, 11) is 0. The van der Waals surface area contributed by atoms with Crippen LogP contribution in [0.15, 0.2) is 17.8 Å². The van der Waals surface area contributed by atoms with Crippen LogP contribution in [0.3, 0.4) is 0 Å². The van der Waals surface area contributed by atoms with Gasteiger partial charge in [-0.1, -0.05) is 11.9 Å². The van der Waals surface area contributed by atoms with Crippen LogP contribution in [0.5, 0.6) is 0 Å². The van der Waals surface area contributed by atoms with Gasteiger partial charge in [0.1, 0.15) is 17.0 Å². The van der Waals surface area contributed by atoms with Crippen molar-refractivity contribution >= 4 is 39.3 Å². The second-order valence-corrected chi connectivity index (χ2v) is 3.67. The Bertz CT molecular complexity index is 385. The van der Waals surface area contributed by atoms with Gasteiger partial charge in [-0.05, 0) is 11.4 Å². The van der Waals surface area contributed by atoms with Crippen LogP contribution >= 0.6 is 23.3 Å². The molecule has 0 saturated heterocycles. The number of nitrogens with one attached hydrogen (secondary N) is 1. The second-order valence-electron chi connectivity index (χ2n) is 2.17. The summed E-state index contributed by atoms with van der Waals surface area (Å²) in [5, 5.41) is 3.11. The number of rotatable bonds is 2. The van der Waals surface area contributed by atoms with Gasteiger partial charge < -0.3 is 4.72 Å². The Balaban J connectivity index is 2.57. The Kier molecular flexibility index (Phi) is 2.14. The van der Waals surface area contributed by atoms with Crippen LogP contribution in [0.25, 0.3) is 10.2 Å². The van der Waals surface area contributed by atoms with E-state index in [1.165, 1.54) is 11.9 Å². The van der Waals surface area contributed by atoms with Gasteiger partial charge in [0.15, 0.2) is 0 Å². The maximum Gasteiger partial charge on any atom is 0.148 e. The first-order valence-electron chi connectivity index (χ1n) is 3.39. The highest BCUT2D eigenvalue weighted by molar-refractivity contribution is 7.99. The number of hydrogen-bond donors (Lipinski definition) is 1. The van der Waals surface area contributed by atoms with Crippen molar-refractivity contribution in [1.29, 1.82) is 0 Å². The second kappa shape index (κ2) is 3.28. The van der Waals surface area contributed by atoms with Crippen LogP contribution < -0.4 is 4.72 Å². The molecular formula is C7H7N3S2. The smallest absolute Gasteiger partial charge is 0.148 e. The van der Waals surface area contributed by atoms with E-state index in [2.05, 4.69) is 14.7 Å². The zero-order valence-electron chi connectivity index (χ0n) is 6.44. The molecule has 0 radical (unpaired) electrons. The average molecular weight is 197 g/mol. The van der Waals surface area contributed by atoms with Crippen molar-refractivity contribution < 1.29 is 0 Å². The van der Waals surface area contributed by atoms with E-state index in [1.807, 2.05) is 17.7 Å². The summed E-state index contributed by atoms with van der Waals surface area (Å²) in [5.74, 6) is 0.897. The van der Waals surface area contributed by atoms with Gasteiger partial charge in [0.2, 0.25) is 0 Å². The predicted molar refractivity (Wildman–Crippen MR) is 54.6 cm³/mol. The van der Waals surface area contributed by atoms with E-state index in [4.69, 9.17) is 0 Å². The van der Waals surface area contributed by atoms with Gasteiger partial charge in [0.25, 0.3) is 0 Å². The lowest BCUT2D eigenvalue weighted by Crippen LogP contribution is -1.89. The SMILES string of the molecule is CSNc1ncnc2sccc12. The third kappa shape index (κ3) is 1.25. The Labute approximate surface area is 78.4 Å². The lowest BCUT2D eigenvalue weighted by molar-refractivity contribution is 1.24. The van der Waals surface area contributed by atoms with E-state index in [9.17, 15) is 0 Å². The largest absolute Gasteiger partial charge is 0.314 e. The minimum atomic E-state index is 0.897. The molecule has 0 saturated carbocycles. The van der Waals surface area contributed by atoms with Crippen LogP contribution in [0.1, 0.15) is 0 Å². The minimum Gasteiger partial charge on any atom is -0.314 e. The molecule has 0 bridgehead atoms. The van der Waals surface area contributed by atoms with E-state index in [0.29, 0.717) is 0 Å². The number of nitrogens with zero attached hydrogens (tertiary/aromatic N) is 2. The molecule has 62 valence electrons. The molecule has 0 fully saturated rings. The van der Waals surface area contributed by atoms with Crippen LogP contribution in [0.4, 0.5) is 5.82 Å². The van der Waals surface area contributed by atoms with E-state index < -0.39 is 0 Å². The molecule has 0 aliphatic carbocycles. The quantitative estimate of drug-likeness (QED) is 0.750. The van der Waals surface area contributed by atoms with E-state index in [-0.39, 0.29) is 0 Å². The number of thiophene rings is 1. The third-order valence-electron chi connectivity index (χ3n) is 1.46. The summed E-state index contributed by atoms with van der Waals surface area (Å²) < 4.78 is 3.11. The molecule has 0 amide bonds. The summed E-state index contributed by atoms with van der Waals surface area (Å²) in [5.41, 5.74) is 0. The van der Waals surface area contributed by atoms with E-state index in [1.54, 1.807) is 17.7 Å². The monoisotopic (exact) mass is 197 g/mol. The Hall–Kier alpha value is -0.810. The molecule has 2 aromatic rings. The van der Waals surface area contributed by atoms with Crippen molar-refractivity contribution in [2.24, 2.45) is 0 Å². The highest BCUT2D eigenvalue weighted by Crippen LogP contribution is 2.24. The number of anilines is 1. The van der Waals surface area contributed by atoms with Gasteiger partial charge in [-0.3, -0.25) is 0 Å². The van der Waals surface area contributed by atoms with Gasteiger partial charge in [0.05, 0.1) is 5.39 Å².